The van der Waals surface area contributed by atoms with E-state index in [0.29, 0.717) is 27.3 Å². The number of esters is 1. The van der Waals surface area contributed by atoms with Gasteiger partial charge in [-0.2, -0.15) is 0 Å². The molecule has 11 heteroatoms. The van der Waals surface area contributed by atoms with Crippen LogP contribution < -0.4 is 19.5 Å². The van der Waals surface area contributed by atoms with Crippen LogP contribution in [0.3, 0.4) is 0 Å². The number of carbonyl (C=O) groups excluding carboxylic acids is 2. The Balaban J connectivity index is 1.49. The molecule has 0 aliphatic carbocycles. The van der Waals surface area contributed by atoms with E-state index < -0.39 is 25.1 Å². The molecule has 0 spiro atoms. The van der Waals surface area contributed by atoms with Crippen LogP contribution in [0, 0.1) is 0 Å². The van der Waals surface area contributed by atoms with Crippen molar-refractivity contribution >= 4 is 51.5 Å². The second-order valence-corrected chi connectivity index (χ2v) is 7.88. The molecule has 0 saturated carbocycles. The minimum Gasteiger partial charge on any atom is -0.493 e. The molecule has 0 radical (unpaired) electrons. The highest BCUT2D eigenvalue weighted by atomic mass is 35.5. The number of anilines is 1. The van der Waals surface area contributed by atoms with Gasteiger partial charge >= 0.3 is 5.97 Å². The summed E-state index contributed by atoms with van der Waals surface area (Å²) in [6.45, 7) is -0.892. The van der Waals surface area contributed by atoms with Gasteiger partial charge in [0.2, 0.25) is 0 Å². The molecular formula is C21H18Cl2N2O6S. The Morgan fingerprint density at radius 1 is 1.00 bits per heavy atom. The Kier molecular flexibility index (Phi) is 8.15. The van der Waals surface area contributed by atoms with E-state index in [1.165, 1.54) is 23.5 Å². The Labute approximate surface area is 198 Å². The van der Waals surface area contributed by atoms with Crippen molar-refractivity contribution in [3.8, 4) is 28.5 Å². The number of rotatable bonds is 9. The average molecular weight is 497 g/mol. The molecule has 0 atom stereocenters. The highest BCUT2D eigenvalue weighted by Gasteiger charge is 2.13. The van der Waals surface area contributed by atoms with Gasteiger partial charge in [0.05, 0.1) is 24.9 Å². The molecule has 168 valence electrons. The summed E-state index contributed by atoms with van der Waals surface area (Å²) in [7, 11) is 3.10. The van der Waals surface area contributed by atoms with Gasteiger partial charge in [-0.05, 0) is 36.4 Å². The van der Waals surface area contributed by atoms with Gasteiger partial charge < -0.3 is 18.9 Å². The zero-order chi connectivity index (χ0) is 23.1. The molecular weight excluding hydrogens is 479 g/mol. The van der Waals surface area contributed by atoms with Crippen LogP contribution in [0.5, 0.6) is 17.2 Å². The van der Waals surface area contributed by atoms with Crippen LogP contribution in [0.2, 0.25) is 10.0 Å². The first-order valence-electron chi connectivity index (χ1n) is 9.11. The summed E-state index contributed by atoms with van der Waals surface area (Å²) in [6, 6.07) is 9.98. The first kappa shape index (κ1) is 23.6. The topological polar surface area (TPSA) is 96.0 Å². The van der Waals surface area contributed by atoms with Gasteiger partial charge in [0.1, 0.15) is 5.75 Å². The summed E-state index contributed by atoms with van der Waals surface area (Å²) >= 11 is 13.0. The monoisotopic (exact) mass is 496 g/mol. The predicted octanol–water partition coefficient (Wildman–Crippen LogP) is 4.69. The third-order valence-electron chi connectivity index (χ3n) is 4.03. The normalized spacial score (nSPS) is 10.4. The number of nitrogens with one attached hydrogen (secondary N) is 1. The number of halogens is 2. The van der Waals surface area contributed by atoms with Crippen LogP contribution in [0.25, 0.3) is 11.3 Å². The number of nitrogens with zero attached hydrogens (tertiary/aromatic N) is 1. The minimum atomic E-state index is -0.726. The smallest absolute Gasteiger partial charge is 0.344 e. The first-order valence-corrected chi connectivity index (χ1v) is 10.7. The highest BCUT2D eigenvalue weighted by Crippen LogP contribution is 2.33. The first-order chi connectivity index (χ1) is 15.4. The fourth-order valence-corrected chi connectivity index (χ4v) is 3.73. The number of amides is 1. The molecule has 1 N–H and O–H groups in total. The second-order valence-electron chi connectivity index (χ2n) is 6.18. The summed E-state index contributed by atoms with van der Waals surface area (Å²) < 4.78 is 20.7. The zero-order valence-corrected chi connectivity index (χ0v) is 19.3. The second kappa shape index (κ2) is 11.0. The van der Waals surface area contributed by atoms with E-state index in [0.717, 1.165) is 5.56 Å². The summed E-state index contributed by atoms with van der Waals surface area (Å²) in [5.41, 5.74) is 1.44. The zero-order valence-electron chi connectivity index (χ0n) is 17.0. The van der Waals surface area contributed by atoms with Crippen molar-refractivity contribution in [2.24, 2.45) is 0 Å². The lowest BCUT2D eigenvalue weighted by Crippen LogP contribution is -2.23. The van der Waals surface area contributed by atoms with Crippen LogP contribution in [-0.4, -0.2) is 44.3 Å². The molecule has 0 unspecified atom stereocenters. The van der Waals surface area contributed by atoms with Crippen molar-refractivity contribution in [1.82, 2.24) is 4.98 Å². The highest BCUT2D eigenvalue weighted by molar-refractivity contribution is 7.14. The largest absolute Gasteiger partial charge is 0.493 e. The maximum Gasteiger partial charge on any atom is 0.344 e. The minimum absolute atomic E-state index is 0.261. The Morgan fingerprint density at radius 3 is 2.47 bits per heavy atom. The summed E-state index contributed by atoms with van der Waals surface area (Å²) in [5.74, 6) is 0.192. The van der Waals surface area contributed by atoms with Crippen LogP contribution in [0.15, 0.2) is 41.8 Å². The number of methoxy groups -OCH3 is 2. The Bertz CT molecular complexity index is 1120. The lowest BCUT2D eigenvalue weighted by Gasteiger charge is -2.08. The Hall–Kier alpha value is -3.01. The van der Waals surface area contributed by atoms with Gasteiger partial charge in [0, 0.05) is 16.0 Å². The van der Waals surface area contributed by atoms with Crippen molar-refractivity contribution in [3.63, 3.8) is 0 Å². The molecule has 0 aliphatic heterocycles. The van der Waals surface area contributed by atoms with E-state index in [9.17, 15) is 9.59 Å². The van der Waals surface area contributed by atoms with E-state index in [2.05, 4.69) is 10.3 Å². The summed E-state index contributed by atoms with van der Waals surface area (Å²) in [5, 5.41) is 5.44. The fourth-order valence-electron chi connectivity index (χ4n) is 2.53. The van der Waals surface area contributed by atoms with Crippen molar-refractivity contribution in [3.05, 3.63) is 51.8 Å². The molecule has 3 aromatic rings. The molecule has 1 heterocycles. The van der Waals surface area contributed by atoms with Crippen LogP contribution in [-0.2, 0) is 14.3 Å². The molecule has 0 fully saturated rings. The lowest BCUT2D eigenvalue weighted by molar-refractivity contribution is -0.149. The van der Waals surface area contributed by atoms with Crippen LogP contribution in [0.4, 0.5) is 5.13 Å². The molecule has 0 bridgehead atoms. The molecule has 8 nitrogen and oxygen atoms in total. The molecule has 3 rings (SSSR count). The standard InChI is InChI=1S/C21H18Cl2N2O6S/c1-28-17-5-3-12(7-18(17)29-2)15-11-32-21(24-15)25-19(26)9-31-20(27)10-30-16-6-4-13(22)8-14(16)23/h3-8,11H,9-10H2,1-2H3,(H,24,25,26). The van der Waals surface area contributed by atoms with E-state index in [1.807, 2.05) is 6.07 Å². The van der Waals surface area contributed by atoms with E-state index in [1.54, 1.807) is 37.8 Å². The number of hydrogen-bond acceptors (Lipinski definition) is 8. The van der Waals surface area contributed by atoms with E-state index in [-0.39, 0.29) is 10.8 Å². The number of thiazole rings is 1. The molecule has 32 heavy (non-hydrogen) atoms. The summed E-state index contributed by atoms with van der Waals surface area (Å²) in [4.78, 5) is 28.3. The molecule has 1 amide bonds. The van der Waals surface area contributed by atoms with E-state index in [4.69, 9.17) is 42.1 Å². The van der Waals surface area contributed by atoms with Crippen molar-refractivity contribution in [2.75, 3.05) is 32.8 Å². The fraction of sp³-hybridized carbons (Fsp3) is 0.190. The maximum absolute atomic E-state index is 12.1. The predicted molar refractivity (Wildman–Crippen MR) is 122 cm³/mol. The number of aromatic nitrogens is 1. The van der Waals surface area contributed by atoms with Crippen LogP contribution in [0.1, 0.15) is 0 Å². The van der Waals surface area contributed by atoms with Gasteiger partial charge in [0.15, 0.2) is 29.8 Å². The third-order valence-corrected chi connectivity index (χ3v) is 5.32. The molecule has 0 aliphatic rings. The van der Waals surface area contributed by atoms with E-state index >= 15 is 0 Å². The summed E-state index contributed by atoms with van der Waals surface area (Å²) in [6.07, 6.45) is 0. The lowest BCUT2D eigenvalue weighted by atomic mass is 10.1. The van der Waals surface area contributed by atoms with Crippen molar-refractivity contribution in [2.45, 2.75) is 0 Å². The third kappa shape index (κ3) is 6.25. The molecule has 2 aromatic carbocycles. The number of carbonyl (C=O) groups is 2. The van der Waals surface area contributed by atoms with Gasteiger partial charge in [-0.15, -0.1) is 11.3 Å². The number of benzene rings is 2. The number of hydrogen-bond donors (Lipinski definition) is 1. The van der Waals surface area contributed by atoms with Gasteiger partial charge in [0.25, 0.3) is 5.91 Å². The molecule has 0 saturated heterocycles. The van der Waals surface area contributed by atoms with Gasteiger partial charge in [-0.1, -0.05) is 23.2 Å². The van der Waals surface area contributed by atoms with Gasteiger partial charge in [-0.25, -0.2) is 9.78 Å². The molecule has 1 aromatic heterocycles. The van der Waals surface area contributed by atoms with Crippen LogP contribution >= 0.6 is 34.5 Å². The number of ether oxygens (including phenoxy) is 4. The van der Waals surface area contributed by atoms with Crippen molar-refractivity contribution in [1.29, 1.82) is 0 Å². The van der Waals surface area contributed by atoms with Gasteiger partial charge in [-0.3, -0.25) is 10.1 Å². The SMILES string of the molecule is COc1ccc(-c2csc(NC(=O)COC(=O)COc3ccc(Cl)cc3Cl)n2)cc1OC. The maximum atomic E-state index is 12.1. The Morgan fingerprint density at radius 2 is 1.75 bits per heavy atom. The quantitative estimate of drug-likeness (QED) is 0.429. The average Bonchev–Trinajstić information content (AvgIpc) is 3.25. The van der Waals surface area contributed by atoms with Crippen molar-refractivity contribution < 1.29 is 28.5 Å².